The number of unbranched alkanes of at least 4 members (excludes halogenated alkanes) is 5. The number of ether oxygens (including phenoxy) is 3. The average molecular weight is 1570 g/mol. The van der Waals surface area contributed by atoms with E-state index in [9.17, 15) is 19.2 Å². The van der Waals surface area contributed by atoms with Gasteiger partial charge in [-0.1, -0.05) is 17.7 Å². The number of hydrogen-bond acceptors (Lipinski definition) is 13. The summed E-state index contributed by atoms with van der Waals surface area (Å²) in [4.78, 5) is 119. The number of rotatable bonds is 22. The molecule has 4 aliphatic heterocycles. The third-order valence-electron chi connectivity index (χ3n) is 17.4. The summed E-state index contributed by atoms with van der Waals surface area (Å²) in [5.41, 5.74) is 3.94. The van der Waals surface area contributed by atoms with Gasteiger partial charge in [-0.05, 0) is 49.4 Å². The number of aryl methyl sites for hydroxylation is 2. The molecule has 0 spiro atoms. The molecule has 21 heteroatoms. The zero-order chi connectivity index (χ0) is 68.8. The van der Waals surface area contributed by atoms with Crippen LogP contribution in [0.5, 0.6) is 34.5 Å². The Morgan fingerprint density at radius 1 is 0.374 bits per heavy atom. The zero-order valence-corrected chi connectivity index (χ0v) is 60.3. The Bertz CT molecular complexity index is 5140. The molecule has 0 saturated heterocycles. The first-order chi connectivity index (χ1) is 48.0. The molecule has 0 radical (unpaired) electrons. The Morgan fingerprint density at radius 2 is 0.788 bits per heavy atom. The van der Waals surface area contributed by atoms with Crippen molar-refractivity contribution in [1.29, 1.82) is 0 Å². The fourth-order valence-corrected chi connectivity index (χ4v) is 23.1. The van der Waals surface area contributed by atoms with Gasteiger partial charge in [0.1, 0.15) is 11.5 Å². The van der Waals surface area contributed by atoms with Crippen LogP contribution < -0.4 is 46.8 Å². The van der Waals surface area contributed by atoms with Gasteiger partial charge in [0.15, 0.2) is 0 Å². The Hall–Kier alpha value is -10.2. The number of benzene rings is 10. The Labute approximate surface area is 590 Å². The van der Waals surface area contributed by atoms with Gasteiger partial charge in [0, 0.05) is 7.05 Å². The van der Waals surface area contributed by atoms with Crippen LogP contribution in [0.1, 0.15) is 139 Å². The molecule has 14 rings (SSSR count). The van der Waals surface area contributed by atoms with E-state index in [1.54, 1.807) is 36.4 Å². The number of carbonyl (C=O) groups is 8. The molecule has 490 valence electrons. The first-order valence-electron chi connectivity index (χ1n) is 31.9. The predicted molar refractivity (Wildman–Crippen MR) is 382 cm³/mol. The number of nitrogens with zero attached hydrogens (tertiary/aromatic N) is 6. The molecule has 99 heavy (non-hydrogen) atoms. The first kappa shape index (κ1) is 66.1. The molecule has 4 heterocycles. The number of imide groups is 4. The van der Waals surface area contributed by atoms with Gasteiger partial charge in [-0.2, -0.15) is 0 Å². The SMILES string of the molecule is CCCCCCCCc1ccc(N=Nc2cc([Se](=[Se])c3ccccc3)c(N3C(=O)c4ccc(Oc5ccc6c(c5)C(=O)N(c5ccc(Oc7ccc(C)cc7)cc5)C6=O)cc4C3=O)cc2N2C(=O)c3ccc(Oc4ccc5c(c4)C(=O)N(C)C5=O)cc3C2=O)cc1[Se](=[Se])c1ccccc1. The van der Waals surface area contributed by atoms with Gasteiger partial charge in [0.2, 0.25) is 0 Å². The van der Waals surface area contributed by atoms with Crippen molar-refractivity contribution >= 4 is 144 Å². The number of azo groups is 1. The van der Waals surface area contributed by atoms with Crippen LogP contribution in [0, 0.1) is 6.92 Å². The van der Waals surface area contributed by atoms with Crippen LogP contribution in [0.4, 0.5) is 28.4 Å². The zero-order valence-electron chi connectivity index (χ0n) is 53.5. The van der Waals surface area contributed by atoms with Gasteiger partial charge in [-0.25, -0.2) is 4.90 Å². The first-order valence-corrected chi connectivity index (χ1v) is 44.0. The number of anilines is 3. The summed E-state index contributed by atoms with van der Waals surface area (Å²) in [5.74, 6) is -3.12. The van der Waals surface area contributed by atoms with E-state index in [1.807, 2.05) is 85.8 Å². The van der Waals surface area contributed by atoms with Gasteiger partial charge in [0.25, 0.3) is 17.7 Å². The normalized spacial score (nSPS) is 14.5. The molecule has 4 aliphatic rings. The van der Waals surface area contributed by atoms with Crippen molar-refractivity contribution in [3.05, 3.63) is 268 Å². The molecule has 0 bridgehead atoms. The second-order valence-corrected chi connectivity index (χ2v) is 37.3. The molecular weight excluding hydrogens is 1510 g/mol. The predicted octanol–water partition coefficient (Wildman–Crippen LogP) is 12.9. The van der Waals surface area contributed by atoms with E-state index in [-0.39, 0.29) is 84.6 Å². The Morgan fingerprint density at radius 3 is 1.32 bits per heavy atom. The second-order valence-electron chi connectivity index (χ2n) is 23.9. The molecular formula is C78H58N6O11Se4. The summed E-state index contributed by atoms with van der Waals surface area (Å²) in [5, 5.41) is 9.83. The van der Waals surface area contributed by atoms with E-state index in [0.29, 0.717) is 27.3 Å². The average Bonchev–Trinajstić information content (AvgIpc) is 1.63. The number of fused-ring (bicyclic) bond motifs is 4. The number of carbonyl (C=O) groups excluding carboxylic acids is 8. The number of amides is 8. The second kappa shape index (κ2) is 28.0. The van der Waals surface area contributed by atoms with Crippen molar-refractivity contribution in [2.75, 3.05) is 21.7 Å². The quantitative estimate of drug-likeness (QED) is 0.0270. The van der Waals surface area contributed by atoms with Gasteiger partial charge in [-0.3, -0.25) is 24.1 Å². The molecule has 8 amide bonds. The van der Waals surface area contributed by atoms with E-state index in [2.05, 4.69) is 58.5 Å². The molecule has 0 saturated carbocycles. The van der Waals surface area contributed by atoms with Crippen molar-refractivity contribution in [2.24, 2.45) is 10.2 Å². The third kappa shape index (κ3) is 12.9. The summed E-state index contributed by atoms with van der Waals surface area (Å²) >= 11 is 2.77. The molecule has 0 fully saturated rings. The van der Waals surface area contributed by atoms with E-state index < -0.39 is 70.3 Å². The monoisotopic (exact) mass is 1570 g/mol. The van der Waals surface area contributed by atoms with E-state index in [0.717, 1.165) is 53.3 Å². The molecule has 10 aromatic carbocycles. The molecule has 10 aromatic rings. The number of hydrogen-bond donors (Lipinski definition) is 0. The van der Waals surface area contributed by atoms with Crippen LogP contribution >= 0.6 is 0 Å². The van der Waals surface area contributed by atoms with Gasteiger partial charge < -0.3 is 4.74 Å². The third-order valence-corrected chi connectivity index (χ3v) is 31.6. The summed E-state index contributed by atoms with van der Waals surface area (Å²) in [6.45, 7) is 4.19. The van der Waals surface area contributed by atoms with Crippen molar-refractivity contribution in [3.63, 3.8) is 0 Å². The van der Waals surface area contributed by atoms with Crippen LogP contribution in [0.15, 0.2) is 223 Å². The van der Waals surface area contributed by atoms with Crippen LogP contribution in [-0.4, -0.2) is 110 Å². The topological polar surface area (TPSA) is 202 Å². The summed E-state index contributed by atoms with van der Waals surface area (Å²) in [7, 11) is 1.39. The van der Waals surface area contributed by atoms with Crippen molar-refractivity contribution < 1.29 is 52.6 Å². The standard InChI is InChI=1S/C78H58N6O11Se4/c1-4-5-6-7-8-11-16-47-23-24-48(39-69(47)98(96)56-17-12-9-13-18-56)79-80-66-44-70(99(97)57-19-14-10-15-20-57)68(45-67(66)83-74(88)60-37-33-54(42-64(60)77(83)91)94-52-31-35-58-62(40-52)72(86)81(3)71(58)85)84-75(89)61-38-34-55(43-65(61)78(84)92)95-53-32-36-59-63(41-53)76(90)82(73(59)87)49-25-29-51(30-26-49)93-50-27-21-46(2)22-28-50/h9-10,12-15,17-45H,4-8,11,16H2,1-3H3. The molecule has 0 N–H and O–H groups in total. The fourth-order valence-electron chi connectivity index (χ4n) is 12.3. The maximum atomic E-state index is 15.3. The molecule has 2 atom stereocenters. The van der Waals surface area contributed by atoms with Crippen LogP contribution in [0.2, 0.25) is 0 Å². The molecule has 0 aromatic heterocycles. The molecule has 0 aliphatic carbocycles. The maximum absolute atomic E-state index is 15.3. The minimum atomic E-state index is -2.41. The Kier molecular flexibility index (Phi) is 18.7. The summed E-state index contributed by atoms with van der Waals surface area (Å²) in [6.07, 6.45) is 7.78. The van der Waals surface area contributed by atoms with E-state index in [4.69, 9.17) is 24.4 Å². The van der Waals surface area contributed by atoms with Gasteiger partial charge in [0.05, 0.1) is 16.8 Å². The van der Waals surface area contributed by atoms with Crippen molar-refractivity contribution in [1.82, 2.24) is 4.90 Å². The van der Waals surface area contributed by atoms with Crippen molar-refractivity contribution in [2.45, 2.75) is 58.8 Å². The van der Waals surface area contributed by atoms with Gasteiger partial charge >= 0.3 is 441 Å². The minimum absolute atomic E-state index is 0.0148. The van der Waals surface area contributed by atoms with Crippen molar-refractivity contribution in [3.8, 4) is 34.5 Å². The fraction of sp³-hybridized carbons (Fsp3) is 0.128. The van der Waals surface area contributed by atoms with E-state index >= 15 is 19.2 Å². The summed E-state index contributed by atoms with van der Waals surface area (Å²) in [6, 6.07) is 61.1. The van der Waals surface area contributed by atoms with Crippen LogP contribution in [0.3, 0.4) is 0 Å². The van der Waals surface area contributed by atoms with Crippen LogP contribution in [-0.2, 0) is 6.42 Å². The van der Waals surface area contributed by atoms with E-state index in [1.165, 1.54) is 116 Å². The van der Waals surface area contributed by atoms with Gasteiger partial charge in [-0.15, -0.1) is 0 Å². The molecule has 2 unspecified atom stereocenters. The molecule has 17 nitrogen and oxygen atoms in total. The van der Waals surface area contributed by atoms with Crippen LogP contribution in [0.25, 0.3) is 0 Å². The Balaban J connectivity index is 0.817. The summed E-state index contributed by atoms with van der Waals surface area (Å²) < 4.78 is 22.2.